The summed E-state index contributed by atoms with van der Waals surface area (Å²) < 4.78 is 27.9. The molecule has 0 bridgehead atoms. The van der Waals surface area contributed by atoms with Crippen LogP contribution < -0.4 is 5.73 Å². The van der Waals surface area contributed by atoms with Gasteiger partial charge in [-0.15, -0.1) is 0 Å². The molecule has 0 radical (unpaired) electrons. The highest BCUT2D eigenvalue weighted by molar-refractivity contribution is 7.89. The molecular weight excluding hydrogens is 268 g/mol. The number of nitrogens with zero attached hydrogens (tertiary/aromatic N) is 3. The molecule has 0 atom stereocenters. The molecule has 0 unspecified atom stereocenters. The summed E-state index contributed by atoms with van der Waals surface area (Å²) in [6.07, 6.45) is 2.83. The maximum Gasteiger partial charge on any atom is 0.248 e. The SMILES string of the molecule is CCn1cc(S(=O)(=O)N2CCC(CO)CC2)c(N)n1. The van der Waals surface area contributed by atoms with Crippen LogP contribution in [0.2, 0.25) is 0 Å². The van der Waals surface area contributed by atoms with Gasteiger partial charge in [-0.2, -0.15) is 9.40 Å². The zero-order chi connectivity index (χ0) is 14.0. The summed E-state index contributed by atoms with van der Waals surface area (Å²) in [5.41, 5.74) is 5.69. The number of aryl methyl sites for hydroxylation is 1. The number of piperidine rings is 1. The first kappa shape index (κ1) is 14.3. The molecule has 108 valence electrons. The Morgan fingerprint density at radius 1 is 1.47 bits per heavy atom. The number of hydrogen-bond donors (Lipinski definition) is 2. The van der Waals surface area contributed by atoms with E-state index in [0.29, 0.717) is 32.5 Å². The average molecular weight is 288 g/mol. The lowest BCUT2D eigenvalue weighted by Gasteiger charge is -2.29. The normalized spacial score (nSPS) is 18.8. The summed E-state index contributed by atoms with van der Waals surface area (Å²) >= 11 is 0. The van der Waals surface area contributed by atoms with Gasteiger partial charge in [0.05, 0.1) is 0 Å². The largest absolute Gasteiger partial charge is 0.396 e. The fourth-order valence-electron chi connectivity index (χ4n) is 2.25. The molecule has 2 heterocycles. The zero-order valence-corrected chi connectivity index (χ0v) is 11.8. The Morgan fingerprint density at radius 3 is 2.58 bits per heavy atom. The van der Waals surface area contributed by atoms with E-state index in [1.807, 2.05) is 6.92 Å². The number of hydrogen-bond acceptors (Lipinski definition) is 5. The van der Waals surface area contributed by atoms with Gasteiger partial charge in [0.2, 0.25) is 10.0 Å². The molecule has 0 amide bonds. The maximum atomic E-state index is 12.5. The monoisotopic (exact) mass is 288 g/mol. The third kappa shape index (κ3) is 2.75. The number of rotatable bonds is 4. The molecular formula is C11H20N4O3S. The van der Waals surface area contributed by atoms with Crippen LogP contribution in [0.1, 0.15) is 19.8 Å². The number of anilines is 1. The second-order valence-electron chi connectivity index (χ2n) is 4.76. The van der Waals surface area contributed by atoms with E-state index in [9.17, 15) is 8.42 Å². The van der Waals surface area contributed by atoms with Crippen molar-refractivity contribution in [2.24, 2.45) is 5.92 Å². The smallest absolute Gasteiger partial charge is 0.248 e. The number of sulfonamides is 1. The molecule has 0 aliphatic carbocycles. The number of nitrogen functional groups attached to an aromatic ring is 1. The van der Waals surface area contributed by atoms with Crippen LogP contribution in [-0.4, -0.2) is 47.3 Å². The van der Waals surface area contributed by atoms with Gasteiger partial charge in [0.15, 0.2) is 5.82 Å². The van der Waals surface area contributed by atoms with Crippen molar-refractivity contribution in [2.75, 3.05) is 25.4 Å². The molecule has 1 fully saturated rings. The van der Waals surface area contributed by atoms with Gasteiger partial charge in [0.25, 0.3) is 0 Å². The second-order valence-corrected chi connectivity index (χ2v) is 6.67. The Morgan fingerprint density at radius 2 is 2.11 bits per heavy atom. The molecule has 0 spiro atoms. The molecule has 2 rings (SSSR count). The Bertz CT molecular complexity index is 532. The molecule has 7 nitrogen and oxygen atoms in total. The van der Waals surface area contributed by atoms with E-state index in [1.54, 1.807) is 0 Å². The second kappa shape index (κ2) is 5.48. The quantitative estimate of drug-likeness (QED) is 0.804. The highest BCUT2D eigenvalue weighted by atomic mass is 32.2. The molecule has 1 aliphatic rings. The molecule has 1 aliphatic heterocycles. The third-order valence-corrected chi connectivity index (χ3v) is 5.44. The maximum absolute atomic E-state index is 12.5. The standard InChI is InChI=1S/C11H20N4O3S/c1-2-14-7-10(11(12)13-14)19(17,18)15-5-3-9(8-16)4-6-15/h7,9,16H,2-6,8H2,1H3,(H2,12,13). The molecule has 8 heteroatoms. The van der Waals surface area contributed by atoms with Crippen LogP contribution in [-0.2, 0) is 16.6 Å². The Balaban J connectivity index is 2.20. The predicted octanol–water partition coefficient (Wildman–Crippen LogP) is -0.122. The summed E-state index contributed by atoms with van der Waals surface area (Å²) in [5.74, 6) is 0.244. The van der Waals surface area contributed by atoms with Crippen LogP contribution in [0, 0.1) is 5.92 Å². The average Bonchev–Trinajstić information content (AvgIpc) is 2.81. The summed E-state index contributed by atoms with van der Waals surface area (Å²) in [7, 11) is -3.57. The minimum absolute atomic E-state index is 0.0473. The van der Waals surface area contributed by atoms with Gasteiger partial charge in [-0.25, -0.2) is 8.42 Å². The summed E-state index contributed by atoms with van der Waals surface area (Å²) in [4.78, 5) is 0.0804. The van der Waals surface area contributed by atoms with Gasteiger partial charge in [0, 0.05) is 32.4 Å². The lowest BCUT2D eigenvalue weighted by Crippen LogP contribution is -2.39. The molecule has 1 aromatic heterocycles. The van der Waals surface area contributed by atoms with E-state index < -0.39 is 10.0 Å². The van der Waals surface area contributed by atoms with Gasteiger partial charge < -0.3 is 10.8 Å². The summed E-state index contributed by atoms with van der Waals surface area (Å²) in [6, 6.07) is 0. The van der Waals surface area contributed by atoms with Crippen LogP contribution >= 0.6 is 0 Å². The summed E-state index contributed by atoms with van der Waals surface area (Å²) in [5, 5.41) is 13.0. The molecule has 3 N–H and O–H groups in total. The van der Waals surface area contributed by atoms with Crippen LogP contribution in [0.3, 0.4) is 0 Å². The van der Waals surface area contributed by atoms with Crippen LogP contribution in [0.25, 0.3) is 0 Å². The van der Waals surface area contributed by atoms with Crippen LogP contribution in [0.5, 0.6) is 0 Å². The van der Waals surface area contributed by atoms with E-state index in [1.165, 1.54) is 15.2 Å². The van der Waals surface area contributed by atoms with Gasteiger partial charge in [-0.05, 0) is 25.7 Å². The Hall–Kier alpha value is -1.12. The van der Waals surface area contributed by atoms with E-state index in [2.05, 4.69) is 5.10 Å². The van der Waals surface area contributed by atoms with Crippen molar-refractivity contribution in [3.63, 3.8) is 0 Å². The lowest BCUT2D eigenvalue weighted by molar-refractivity contribution is 0.170. The summed E-state index contributed by atoms with van der Waals surface area (Å²) in [6.45, 7) is 3.40. The number of aromatic nitrogens is 2. The fourth-order valence-corrected chi connectivity index (χ4v) is 3.78. The van der Waals surface area contributed by atoms with Crippen LogP contribution in [0.4, 0.5) is 5.82 Å². The van der Waals surface area contributed by atoms with E-state index in [0.717, 1.165) is 0 Å². The highest BCUT2D eigenvalue weighted by Gasteiger charge is 2.31. The van der Waals surface area contributed by atoms with Crippen molar-refractivity contribution >= 4 is 15.8 Å². The molecule has 19 heavy (non-hydrogen) atoms. The van der Waals surface area contributed by atoms with Crippen molar-refractivity contribution in [1.82, 2.24) is 14.1 Å². The first-order valence-corrected chi connectivity index (χ1v) is 7.87. The number of aliphatic hydroxyl groups is 1. The minimum atomic E-state index is -3.57. The van der Waals surface area contributed by atoms with Gasteiger partial charge in [0.1, 0.15) is 4.90 Å². The molecule has 0 saturated carbocycles. The molecule has 1 saturated heterocycles. The van der Waals surface area contributed by atoms with Crippen molar-refractivity contribution < 1.29 is 13.5 Å². The van der Waals surface area contributed by atoms with E-state index in [-0.39, 0.29) is 23.2 Å². The third-order valence-electron chi connectivity index (χ3n) is 3.53. The first-order valence-electron chi connectivity index (χ1n) is 6.43. The minimum Gasteiger partial charge on any atom is -0.396 e. The van der Waals surface area contributed by atoms with Crippen molar-refractivity contribution in [1.29, 1.82) is 0 Å². The van der Waals surface area contributed by atoms with Gasteiger partial charge in [-0.3, -0.25) is 4.68 Å². The highest BCUT2D eigenvalue weighted by Crippen LogP contribution is 2.26. The topological polar surface area (TPSA) is 101 Å². The Kier molecular flexibility index (Phi) is 4.12. The Labute approximate surface area is 113 Å². The van der Waals surface area contributed by atoms with Crippen LogP contribution in [0.15, 0.2) is 11.1 Å². The fraction of sp³-hybridized carbons (Fsp3) is 0.727. The lowest BCUT2D eigenvalue weighted by atomic mass is 10.00. The molecule has 0 aromatic carbocycles. The van der Waals surface area contributed by atoms with Gasteiger partial charge in [-0.1, -0.05) is 0 Å². The zero-order valence-electron chi connectivity index (χ0n) is 11.0. The number of nitrogens with two attached hydrogens (primary N) is 1. The van der Waals surface area contributed by atoms with Crippen molar-refractivity contribution in [2.45, 2.75) is 31.2 Å². The molecule has 1 aromatic rings. The predicted molar refractivity (Wildman–Crippen MR) is 70.9 cm³/mol. The van der Waals surface area contributed by atoms with Gasteiger partial charge >= 0.3 is 0 Å². The van der Waals surface area contributed by atoms with Crippen molar-refractivity contribution in [3.8, 4) is 0 Å². The van der Waals surface area contributed by atoms with Crippen molar-refractivity contribution in [3.05, 3.63) is 6.20 Å². The van der Waals surface area contributed by atoms with E-state index in [4.69, 9.17) is 10.8 Å². The van der Waals surface area contributed by atoms with E-state index >= 15 is 0 Å². The number of aliphatic hydroxyl groups excluding tert-OH is 1. The first-order chi connectivity index (χ1) is 8.98.